The van der Waals surface area contributed by atoms with Crippen molar-refractivity contribution in [3.63, 3.8) is 0 Å². The van der Waals surface area contributed by atoms with Gasteiger partial charge in [0.05, 0.1) is 25.2 Å². The number of nitrogens with two attached hydrogens (primary N) is 1. The van der Waals surface area contributed by atoms with Gasteiger partial charge in [-0.25, -0.2) is 13.4 Å². The summed E-state index contributed by atoms with van der Waals surface area (Å²) in [5, 5.41) is 2.61. The molecule has 0 radical (unpaired) electrons. The highest BCUT2D eigenvalue weighted by atomic mass is 32.2. The van der Waals surface area contributed by atoms with E-state index in [0.717, 1.165) is 18.3 Å². The summed E-state index contributed by atoms with van der Waals surface area (Å²) < 4.78 is 70.9. The lowest BCUT2D eigenvalue weighted by Gasteiger charge is -2.42. The van der Waals surface area contributed by atoms with Crippen molar-refractivity contribution in [2.75, 3.05) is 17.7 Å². The molecular weight excluding hydrogens is 477 g/mol. The zero-order valence-corrected chi connectivity index (χ0v) is 19.0. The van der Waals surface area contributed by atoms with E-state index < -0.39 is 38.1 Å². The quantitative estimate of drug-likeness (QED) is 0.664. The highest BCUT2D eigenvalue weighted by Gasteiger charge is 2.52. The Labute approximate surface area is 193 Å². The molecule has 2 aliphatic heterocycles. The standard InChI is InChI=1S/C21H21F3N4O5S/c1-19(2)18(25)28-20(11-34(19,30)31)10-32-9-12-3-4-13(7-15(12)20)27-17(29)16-6-5-14(8-26-16)33-21(22,23)24/h3-8H,9-11H2,1-2H3,(H2,25,28)(H,27,29). The van der Waals surface area contributed by atoms with Crippen LogP contribution in [0.2, 0.25) is 0 Å². The van der Waals surface area contributed by atoms with Crippen LogP contribution in [0.5, 0.6) is 5.75 Å². The summed E-state index contributed by atoms with van der Waals surface area (Å²) in [7, 11) is -3.68. The number of fused-ring (bicyclic) bond motifs is 2. The summed E-state index contributed by atoms with van der Waals surface area (Å²) in [5.41, 5.74) is 6.22. The summed E-state index contributed by atoms with van der Waals surface area (Å²) in [5.74, 6) is -1.59. The molecule has 0 aliphatic carbocycles. The third kappa shape index (κ3) is 4.32. The second-order valence-corrected chi connectivity index (χ2v) is 11.1. The highest BCUT2D eigenvalue weighted by Crippen LogP contribution is 2.42. The number of nitrogens with zero attached hydrogens (tertiary/aromatic N) is 2. The number of ether oxygens (including phenoxy) is 2. The molecule has 1 unspecified atom stereocenters. The number of sulfone groups is 1. The molecule has 2 aromatic rings. The van der Waals surface area contributed by atoms with Gasteiger partial charge in [-0.05, 0) is 49.2 Å². The van der Waals surface area contributed by atoms with E-state index in [2.05, 4.69) is 20.0 Å². The first-order valence-electron chi connectivity index (χ1n) is 10.0. The molecule has 0 fully saturated rings. The molecule has 1 amide bonds. The molecule has 0 saturated carbocycles. The van der Waals surface area contributed by atoms with E-state index in [0.29, 0.717) is 16.8 Å². The van der Waals surface area contributed by atoms with Crippen LogP contribution in [0, 0.1) is 0 Å². The fraction of sp³-hybridized carbons (Fsp3) is 0.381. The van der Waals surface area contributed by atoms with Gasteiger partial charge in [0.15, 0.2) is 9.84 Å². The molecule has 1 aromatic carbocycles. The number of hydrogen-bond donors (Lipinski definition) is 2. The van der Waals surface area contributed by atoms with Gasteiger partial charge in [-0.15, -0.1) is 13.2 Å². The summed E-state index contributed by atoms with van der Waals surface area (Å²) in [6.07, 6.45) is -4.09. The smallest absolute Gasteiger partial charge is 0.404 e. The fourth-order valence-corrected chi connectivity index (χ4v) is 5.45. The van der Waals surface area contributed by atoms with Gasteiger partial charge in [-0.3, -0.25) is 9.79 Å². The number of nitrogens with one attached hydrogen (secondary N) is 1. The van der Waals surface area contributed by atoms with Crippen molar-refractivity contribution in [3.8, 4) is 5.75 Å². The fourth-order valence-electron chi connectivity index (χ4n) is 3.79. The summed E-state index contributed by atoms with van der Waals surface area (Å²) in [4.78, 5) is 20.8. The number of halogens is 3. The highest BCUT2D eigenvalue weighted by molar-refractivity contribution is 7.93. The Morgan fingerprint density at radius 3 is 2.59 bits per heavy atom. The second kappa shape index (κ2) is 7.94. The molecule has 0 bridgehead atoms. The summed E-state index contributed by atoms with van der Waals surface area (Å²) in [6, 6.07) is 6.93. The molecule has 2 aliphatic rings. The number of carbonyl (C=O) groups excluding carboxylic acids is 1. The Hall–Kier alpha value is -3.19. The Morgan fingerprint density at radius 1 is 1.24 bits per heavy atom. The van der Waals surface area contributed by atoms with Crippen LogP contribution in [-0.2, 0) is 26.7 Å². The minimum Gasteiger partial charge on any atom is -0.404 e. The predicted molar refractivity (Wildman–Crippen MR) is 116 cm³/mol. The number of amides is 1. The number of carbonyl (C=O) groups is 1. The van der Waals surface area contributed by atoms with Gasteiger partial charge in [0.25, 0.3) is 5.91 Å². The number of aromatic nitrogens is 1. The molecule has 3 heterocycles. The van der Waals surface area contributed by atoms with Crippen molar-refractivity contribution in [3.05, 3.63) is 53.3 Å². The maximum absolute atomic E-state index is 13.0. The molecule has 34 heavy (non-hydrogen) atoms. The van der Waals surface area contributed by atoms with Crippen LogP contribution in [0.1, 0.15) is 35.5 Å². The Kier molecular flexibility index (Phi) is 5.60. The SMILES string of the molecule is CC1(C)C(N)=NC2(COCc3ccc(NC(=O)c4ccc(OC(F)(F)F)cn4)cc32)CS1(=O)=O. The normalized spacial score (nSPS) is 23.0. The second-order valence-electron chi connectivity index (χ2n) is 8.54. The van der Waals surface area contributed by atoms with E-state index >= 15 is 0 Å². The van der Waals surface area contributed by atoms with Crippen LogP contribution in [-0.4, -0.2) is 48.6 Å². The first kappa shape index (κ1) is 24.0. The van der Waals surface area contributed by atoms with Gasteiger partial charge < -0.3 is 20.5 Å². The number of amidine groups is 1. The van der Waals surface area contributed by atoms with E-state index in [1.807, 2.05) is 0 Å². The van der Waals surface area contributed by atoms with Crippen LogP contribution < -0.4 is 15.8 Å². The average molecular weight is 498 g/mol. The first-order chi connectivity index (χ1) is 15.7. The number of rotatable bonds is 3. The maximum atomic E-state index is 13.0. The van der Waals surface area contributed by atoms with Gasteiger partial charge in [0, 0.05) is 5.69 Å². The number of benzene rings is 1. The summed E-state index contributed by atoms with van der Waals surface area (Å²) in [6.45, 7) is 3.21. The number of aliphatic imine (C=N–C) groups is 1. The molecule has 9 nitrogen and oxygen atoms in total. The third-order valence-corrected chi connectivity index (χ3v) is 8.45. The van der Waals surface area contributed by atoms with Gasteiger partial charge >= 0.3 is 6.36 Å². The Balaban J connectivity index is 1.63. The molecular formula is C21H21F3N4O5S. The van der Waals surface area contributed by atoms with Crippen LogP contribution in [0.4, 0.5) is 18.9 Å². The van der Waals surface area contributed by atoms with Crippen molar-refractivity contribution >= 4 is 27.3 Å². The van der Waals surface area contributed by atoms with Crippen molar-refractivity contribution in [1.82, 2.24) is 4.98 Å². The van der Waals surface area contributed by atoms with Crippen molar-refractivity contribution in [2.24, 2.45) is 10.7 Å². The van der Waals surface area contributed by atoms with Gasteiger partial charge in [-0.1, -0.05) is 6.07 Å². The molecule has 182 valence electrons. The third-order valence-electron chi connectivity index (χ3n) is 5.83. The van der Waals surface area contributed by atoms with Gasteiger partial charge in [0.2, 0.25) is 0 Å². The van der Waals surface area contributed by atoms with Crippen molar-refractivity contribution in [2.45, 2.75) is 37.1 Å². The molecule has 13 heteroatoms. The zero-order valence-electron chi connectivity index (χ0n) is 18.1. The lowest BCUT2D eigenvalue weighted by atomic mass is 9.86. The van der Waals surface area contributed by atoms with Crippen molar-refractivity contribution in [1.29, 1.82) is 0 Å². The first-order valence-corrected chi connectivity index (χ1v) is 11.7. The zero-order chi connectivity index (χ0) is 24.9. The van der Waals surface area contributed by atoms with Crippen LogP contribution in [0.15, 0.2) is 41.5 Å². The molecule has 1 aromatic heterocycles. The maximum Gasteiger partial charge on any atom is 0.573 e. The van der Waals surface area contributed by atoms with E-state index in [-0.39, 0.29) is 30.5 Å². The van der Waals surface area contributed by atoms with E-state index in [1.165, 1.54) is 13.8 Å². The molecule has 3 N–H and O–H groups in total. The van der Waals surface area contributed by atoms with Gasteiger partial charge in [0.1, 0.15) is 27.6 Å². The van der Waals surface area contributed by atoms with Crippen LogP contribution in [0.25, 0.3) is 0 Å². The summed E-state index contributed by atoms with van der Waals surface area (Å²) >= 11 is 0. The number of alkyl halides is 3. The van der Waals surface area contributed by atoms with Crippen molar-refractivity contribution < 1.29 is 35.9 Å². The average Bonchev–Trinajstić information content (AvgIpc) is 2.72. The topological polar surface area (TPSA) is 133 Å². The molecule has 0 saturated heterocycles. The van der Waals surface area contributed by atoms with E-state index in [1.54, 1.807) is 18.2 Å². The van der Waals surface area contributed by atoms with E-state index in [4.69, 9.17) is 10.5 Å². The van der Waals surface area contributed by atoms with E-state index in [9.17, 15) is 26.4 Å². The lowest BCUT2D eigenvalue weighted by Crippen LogP contribution is -2.57. The van der Waals surface area contributed by atoms with Crippen LogP contribution in [0.3, 0.4) is 0 Å². The largest absolute Gasteiger partial charge is 0.573 e. The van der Waals surface area contributed by atoms with Crippen LogP contribution >= 0.6 is 0 Å². The predicted octanol–water partition coefficient (Wildman–Crippen LogP) is 2.52. The number of anilines is 1. The molecule has 4 rings (SSSR count). The Morgan fingerprint density at radius 2 is 1.97 bits per heavy atom. The minimum absolute atomic E-state index is 0.00433. The van der Waals surface area contributed by atoms with Gasteiger partial charge in [-0.2, -0.15) is 0 Å². The molecule has 1 spiro atoms. The minimum atomic E-state index is -4.87. The molecule has 1 atom stereocenters. The number of pyridine rings is 1. The Bertz CT molecular complexity index is 1280. The number of hydrogen-bond acceptors (Lipinski definition) is 8. The monoisotopic (exact) mass is 498 g/mol. The lowest BCUT2D eigenvalue weighted by molar-refractivity contribution is -0.274.